The molecule has 2 rings (SSSR count). The van der Waals surface area contributed by atoms with Gasteiger partial charge >= 0.3 is 0 Å². The highest BCUT2D eigenvalue weighted by molar-refractivity contribution is 5.85. The molecule has 1 saturated heterocycles. The summed E-state index contributed by atoms with van der Waals surface area (Å²) in [6.45, 7) is 2.90. The number of likely N-dealkylation sites (tertiary alicyclic amines) is 1. The lowest BCUT2D eigenvalue weighted by atomic mass is 10.1. The van der Waals surface area contributed by atoms with Crippen LogP contribution in [0.2, 0.25) is 0 Å². The summed E-state index contributed by atoms with van der Waals surface area (Å²) in [7, 11) is 0. The summed E-state index contributed by atoms with van der Waals surface area (Å²) in [6, 6.07) is 9.88. The van der Waals surface area contributed by atoms with Crippen molar-refractivity contribution in [1.29, 1.82) is 0 Å². The molecule has 1 amide bonds. The van der Waals surface area contributed by atoms with Crippen LogP contribution in [-0.2, 0) is 16.1 Å². The Balaban J connectivity index is 0.00000180. The van der Waals surface area contributed by atoms with Crippen LogP contribution in [0, 0.1) is 5.92 Å². The lowest BCUT2D eigenvalue weighted by molar-refractivity contribution is -0.135. The van der Waals surface area contributed by atoms with Crippen molar-refractivity contribution >= 4 is 18.3 Å². The van der Waals surface area contributed by atoms with Crippen molar-refractivity contribution in [2.24, 2.45) is 11.7 Å². The van der Waals surface area contributed by atoms with E-state index < -0.39 is 0 Å². The molecule has 1 aliphatic rings. The SMILES string of the molecule is Cl.NCC1CCN(C(=O)COCc2ccccc2)C1. The van der Waals surface area contributed by atoms with Crippen molar-refractivity contribution in [3.05, 3.63) is 35.9 Å². The quantitative estimate of drug-likeness (QED) is 0.890. The van der Waals surface area contributed by atoms with Crippen molar-refractivity contribution in [3.63, 3.8) is 0 Å². The van der Waals surface area contributed by atoms with E-state index in [9.17, 15) is 4.79 Å². The van der Waals surface area contributed by atoms with Crippen LogP contribution in [0.4, 0.5) is 0 Å². The van der Waals surface area contributed by atoms with Gasteiger partial charge in [0.05, 0.1) is 6.61 Å². The number of rotatable bonds is 5. The summed E-state index contributed by atoms with van der Waals surface area (Å²) in [5.41, 5.74) is 6.69. The molecule has 1 aliphatic heterocycles. The third kappa shape index (κ3) is 4.82. The number of ether oxygens (including phenoxy) is 1. The van der Waals surface area contributed by atoms with Gasteiger partial charge in [-0.2, -0.15) is 0 Å². The van der Waals surface area contributed by atoms with Crippen molar-refractivity contribution in [1.82, 2.24) is 4.90 Å². The van der Waals surface area contributed by atoms with Gasteiger partial charge in [-0.3, -0.25) is 4.79 Å². The molecule has 1 atom stereocenters. The molecule has 0 aliphatic carbocycles. The minimum atomic E-state index is 0. The van der Waals surface area contributed by atoms with Crippen LogP contribution in [0.5, 0.6) is 0 Å². The number of hydrogen-bond donors (Lipinski definition) is 1. The van der Waals surface area contributed by atoms with E-state index in [1.807, 2.05) is 35.2 Å². The van der Waals surface area contributed by atoms with E-state index in [2.05, 4.69) is 0 Å². The number of carbonyl (C=O) groups is 1. The summed E-state index contributed by atoms with van der Waals surface area (Å²) in [5, 5.41) is 0. The van der Waals surface area contributed by atoms with Gasteiger partial charge in [-0.1, -0.05) is 30.3 Å². The molecule has 1 aromatic rings. The topological polar surface area (TPSA) is 55.6 Å². The standard InChI is InChI=1S/C14H20N2O2.ClH/c15-8-13-6-7-16(9-13)14(17)11-18-10-12-4-2-1-3-5-12;/h1-5,13H,6-11,15H2;1H. The fourth-order valence-corrected chi connectivity index (χ4v) is 2.17. The third-order valence-electron chi connectivity index (χ3n) is 3.31. The van der Waals surface area contributed by atoms with Gasteiger partial charge in [-0.15, -0.1) is 12.4 Å². The highest BCUT2D eigenvalue weighted by atomic mass is 35.5. The van der Waals surface area contributed by atoms with Gasteiger partial charge in [-0.05, 0) is 24.4 Å². The molecule has 1 fully saturated rings. The van der Waals surface area contributed by atoms with E-state index in [1.165, 1.54) is 0 Å². The molecule has 0 bridgehead atoms. The molecule has 0 radical (unpaired) electrons. The van der Waals surface area contributed by atoms with Gasteiger partial charge in [-0.25, -0.2) is 0 Å². The number of carbonyl (C=O) groups excluding carboxylic acids is 1. The number of benzene rings is 1. The molecular weight excluding hydrogens is 264 g/mol. The van der Waals surface area contributed by atoms with Crippen molar-refractivity contribution in [2.75, 3.05) is 26.2 Å². The third-order valence-corrected chi connectivity index (χ3v) is 3.31. The van der Waals surface area contributed by atoms with E-state index in [-0.39, 0.29) is 24.9 Å². The molecule has 0 aromatic heterocycles. The van der Waals surface area contributed by atoms with E-state index >= 15 is 0 Å². The van der Waals surface area contributed by atoms with Gasteiger partial charge in [0.1, 0.15) is 6.61 Å². The van der Waals surface area contributed by atoms with E-state index in [0.717, 1.165) is 25.1 Å². The summed E-state index contributed by atoms with van der Waals surface area (Å²) >= 11 is 0. The fraction of sp³-hybridized carbons (Fsp3) is 0.500. The average Bonchev–Trinajstić information content (AvgIpc) is 2.89. The van der Waals surface area contributed by atoms with Gasteiger partial charge < -0.3 is 15.4 Å². The fourth-order valence-electron chi connectivity index (χ4n) is 2.17. The lowest BCUT2D eigenvalue weighted by Gasteiger charge is -2.16. The monoisotopic (exact) mass is 284 g/mol. The Bertz CT molecular complexity index is 386. The lowest BCUT2D eigenvalue weighted by Crippen LogP contribution is -2.32. The van der Waals surface area contributed by atoms with Crippen LogP contribution >= 0.6 is 12.4 Å². The number of nitrogens with two attached hydrogens (primary N) is 1. The molecule has 1 unspecified atom stereocenters. The molecule has 19 heavy (non-hydrogen) atoms. The Morgan fingerprint density at radius 1 is 1.37 bits per heavy atom. The number of nitrogens with zero attached hydrogens (tertiary/aromatic N) is 1. The largest absolute Gasteiger partial charge is 0.367 e. The molecule has 0 saturated carbocycles. The maximum absolute atomic E-state index is 11.9. The molecular formula is C14H21ClN2O2. The van der Waals surface area contributed by atoms with Crippen LogP contribution in [0.3, 0.4) is 0 Å². The second-order valence-electron chi connectivity index (χ2n) is 4.71. The zero-order chi connectivity index (χ0) is 12.8. The number of amides is 1. The van der Waals surface area contributed by atoms with Crippen LogP contribution < -0.4 is 5.73 Å². The first kappa shape index (κ1) is 16.0. The maximum Gasteiger partial charge on any atom is 0.248 e. The summed E-state index contributed by atoms with van der Waals surface area (Å²) in [4.78, 5) is 13.7. The predicted molar refractivity (Wildman–Crippen MR) is 77.1 cm³/mol. The first-order chi connectivity index (χ1) is 8.79. The minimum Gasteiger partial charge on any atom is -0.367 e. The molecule has 0 spiro atoms. The summed E-state index contributed by atoms with van der Waals surface area (Å²) in [6.07, 6.45) is 1.01. The Hall–Kier alpha value is -1.10. The Morgan fingerprint density at radius 2 is 2.11 bits per heavy atom. The molecule has 4 nitrogen and oxygen atoms in total. The smallest absolute Gasteiger partial charge is 0.248 e. The highest BCUT2D eigenvalue weighted by Gasteiger charge is 2.24. The van der Waals surface area contributed by atoms with Gasteiger partial charge in [0.15, 0.2) is 0 Å². The van der Waals surface area contributed by atoms with Crippen molar-refractivity contribution in [3.8, 4) is 0 Å². The molecule has 1 aromatic carbocycles. The molecule has 2 N–H and O–H groups in total. The summed E-state index contributed by atoms with van der Waals surface area (Å²) < 4.78 is 5.44. The van der Waals surface area contributed by atoms with Crippen LogP contribution in [0.1, 0.15) is 12.0 Å². The average molecular weight is 285 g/mol. The first-order valence-electron chi connectivity index (χ1n) is 6.39. The number of halogens is 1. The predicted octanol–water partition coefficient (Wildman–Crippen LogP) is 1.43. The minimum absolute atomic E-state index is 0. The van der Waals surface area contributed by atoms with E-state index in [0.29, 0.717) is 19.1 Å². The molecule has 106 valence electrons. The second kappa shape index (κ2) is 8.15. The zero-order valence-corrected chi connectivity index (χ0v) is 11.8. The highest BCUT2D eigenvalue weighted by Crippen LogP contribution is 2.14. The van der Waals surface area contributed by atoms with Gasteiger partial charge in [0.25, 0.3) is 0 Å². The van der Waals surface area contributed by atoms with Gasteiger partial charge in [0.2, 0.25) is 5.91 Å². The van der Waals surface area contributed by atoms with Crippen LogP contribution in [-0.4, -0.2) is 37.0 Å². The molecule has 1 heterocycles. The maximum atomic E-state index is 11.9. The Kier molecular flexibility index (Phi) is 6.84. The summed E-state index contributed by atoms with van der Waals surface area (Å²) in [5.74, 6) is 0.532. The van der Waals surface area contributed by atoms with E-state index in [4.69, 9.17) is 10.5 Å². The van der Waals surface area contributed by atoms with Crippen molar-refractivity contribution < 1.29 is 9.53 Å². The Morgan fingerprint density at radius 3 is 2.74 bits per heavy atom. The molecule has 5 heteroatoms. The van der Waals surface area contributed by atoms with Crippen LogP contribution in [0.15, 0.2) is 30.3 Å². The number of hydrogen-bond acceptors (Lipinski definition) is 3. The Labute approximate surface area is 120 Å². The van der Waals surface area contributed by atoms with Crippen LogP contribution in [0.25, 0.3) is 0 Å². The van der Waals surface area contributed by atoms with Crippen molar-refractivity contribution in [2.45, 2.75) is 13.0 Å². The van der Waals surface area contributed by atoms with E-state index in [1.54, 1.807) is 0 Å². The zero-order valence-electron chi connectivity index (χ0n) is 11.0. The first-order valence-corrected chi connectivity index (χ1v) is 6.39. The normalized spacial score (nSPS) is 18.2. The second-order valence-corrected chi connectivity index (χ2v) is 4.71. The van der Waals surface area contributed by atoms with Gasteiger partial charge in [0, 0.05) is 13.1 Å².